The van der Waals surface area contributed by atoms with Crippen molar-refractivity contribution in [2.75, 3.05) is 11.1 Å². The van der Waals surface area contributed by atoms with Crippen molar-refractivity contribution in [2.45, 2.75) is 37.9 Å². The lowest BCUT2D eigenvalue weighted by Gasteiger charge is -2.23. The van der Waals surface area contributed by atoms with Gasteiger partial charge in [-0.15, -0.1) is 10.2 Å². The molecule has 0 bridgehead atoms. The Morgan fingerprint density at radius 1 is 1.18 bits per heavy atom. The summed E-state index contributed by atoms with van der Waals surface area (Å²) in [5, 5.41) is 17.5. The van der Waals surface area contributed by atoms with Gasteiger partial charge in [0.1, 0.15) is 5.82 Å². The fourth-order valence-electron chi connectivity index (χ4n) is 3.66. The minimum absolute atomic E-state index is 0.127. The van der Waals surface area contributed by atoms with Gasteiger partial charge in [0.2, 0.25) is 11.8 Å². The predicted molar refractivity (Wildman–Crippen MR) is 130 cm³/mol. The number of amides is 4. The Labute approximate surface area is 205 Å². The van der Waals surface area contributed by atoms with E-state index in [2.05, 4.69) is 26.1 Å². The van der Waals surface area contributed by atoms with E-state index < -0.39 is 12.1 Å². The van der Waals surface area contributed by atoms with Crippen molar-refractivity contribution in [3.63, 3.8) is 0 Å². The van der Waals surface area contributed by atoms with Crippen LogP contribution in [0.4, 0.5) is 10.5 Å². The predicted octanol–water partition coefficient (Wildman–Crippen LogP) is 3.41. The number of rotatable bonds is 7. The Morgan fingerprint density at radius 3 is 2.65 bits per heavy atom. The molecule has 1 aliphatic heterocycles. The Kier molecular flexibility index (Phi) is 7.18. The molecule has 0 spiro atoms. The Bertz CT molecular complexity index is 1230. The van der Waals surface area contributed by atoms with Gasteiger partial charge in [0.05, 0.1) is 5.75 Å². The summed E-state index contributed by atoms with van der Waals surface area (Å²) < 4.78 is 1.81. The Hall–Kier alpha value is -3.37. The summed E-state index contributed by atoms with van der Waals surface area (Å²) in [5.74, 6) is 0.172. The van der Waals surface area contributed by atoms with Crippen LogP contribution in [0.2, 0.25) is 5.02 Å². The molecule has 176 valence electrons. The number of halogens is 1. The van der Waals surface area contributed by atoms with Crippen LogP contribution in [0.5, 0.6) is 0 Å². The summed E-state index contributed by atoms with van der Waals surface area (Å²) in [4.78, 5) is 36.1. The second kappa shape index (κ2) is 10.3. The highest BCUT2D eigenvalue weighted by atomic mass is 35.5. The molecule has 3 N–H and O–H groups in total. The van der Waals surface area contributed by atoms with E-state index >= 15 is 0 Å². The molecule has 2 heterocycles. The molecule has 1 aromatic heterocycles. The molecular weight excluding hydrogens is 476 g/mol. The lowest BCUT2D eigenvalue weighted by Crippen LogP contribution is -2.53. The van der Waals surface area contributed by atoms with E-state index in [4.69, 9.17) is 11.6 Å². The molecule has 34 heavy (non-hydrogen) atoms. The van der Waals surface area contributed by atoms with Crippen LogP contribution in [0, 0.1) is 13.8 Å². The number of benzene rings is 2. The molecule has 0 radical (unpaired) electrons. The molecule has 1 fully saturated rings. The minimum Gasteiger partial charge on any atom is -0.334 e. The summed E-state index contributed by atoms with van der Waals surface area (Å²) in [6.45, 7) is 3.95. The van der Waals surface area contributed by atoms with Crippen LogP contribution in [-0.2, 0) is 16.0 Å². The van der Waals surface area contributed by atoms with Crippen molar-refractivity contribution >= 4 is 46.9 Å². The quantitative estimate of drug-likeness (QED) is 0.430. The molecule has 0 aliphatic carbocycles. The number of carbonyl (C=O) groups is 3. The smallest absolute Gasteiger partial charge is 0.321 e. The molecule has 1 atom stereocenters. The van der Waals surface area contributed by atoms with Gasteiger partial charge in [0, 0.05) is 35.3 Å². The van der Waals surface area contributed by atoms with Gasteiger partial charge in [-0.1, -0.05) is 41.1 Å². The maximum Gasteiger partial charge on any atom is 0.321 e. The standard InChI is InChI=1S/C23H23ClN6O3S/c1-13-3-8-18(14(2)9-13)26-21(32)12-34-23-29-28-19(10-16-11-20(31)27-22(33)25-16)30(23)17-6-4-15(24)5-7-17/h3-9,16H,10-12H2,1-2H3,(H,26,32)(H2,25,27,31,33). The largest absolute Gasteiger partial charge is 0.334 e. The number of aryl methyl sites for hydroxylation is 2. The first-order chi connectivity index (χ1) is 16.3. The molecule has 1 unspecified atom stereocenters. The van der Waals surface area contributed by atoms with Crippen molar-refractivity contribution in [3.05, 3.63) is 64.4 Å². The first-order valence-corrected chi connectivity index (χ1v) is 12.0. The number of hydrogen-bond acceptors (Lipinski definition) is 6. The SMILES string of the molecule is Cc1ccc(NC(=O)CSc2nnc(CC3CC(=O)NC(=O)N3)n2-c2ccc(Cl)cc2)c(C)c1. The van der Waals surface area contributed by atoms with Gasteiger partial charge in [-0.25, -0.2) is 4.79 Å². The average molecular weight is 499 g/mol. The van der Waals surface area contributed by atoms with Crippen molar-refractivity contribution in [2.24, 2.45) is 0 Å². The molecule has 11 heteroatoms. The van der Waals surface area contributed by atoms with E-state index in [0.29, 0.717) is 22.4 Å². The highest BCUT2D eigenvalue weighted by Crippen LogP contribution is 2.25. The van der Waals surface area contributed by atoms with Crippen molar-refractivity contribution in [1.82, 2.24) is 25.4 Å². The monoisotopic (exact) mass is 498 g/mol. The maximum absolute atomic E-state index is 12.6. The molecular formula is C23H23ClN6O3S. The number of nitrogens with one attached hydrogen (secondary N) is 3. The fourth-order valence-corrected chi connectivity index (χ4v) is 4.56. The first-order valence-electron chi connectivity index (χ1n) is 10.6. The number of nitrogens with zero attached hydrogens (tertiary/aromatic N) is 3. The maximum atomic E-state index is 12.6. The van der Waals surface area contributed by atoms with Gasteiger partial charge in [-0.2, -0.15) is 0 Å². The van der Waals surface area contributed by atoms with Gasteiger partial charge in [-0.3, -0.25) is 19.5 Å². The second-order valence-corrected chi connectivity index (χ2v) is 9.37. The van der Waals surface area contributed by atoms with Crippen LogP contribution in [0.25, 0.3) is 5.69 Å². The van der Waals surface area contributed by atoms with Gasteiger partial charge < -0.3 is 10.6 Å². The van der Waals surface area contributed by atoms with E-state index in [1.807, 2.05) is 48.7 Å². The van der Waals surface area contributed by atoms with Gasteiger partial charge in [0.25, 0.3) is 0 Å². The van der Waals surface area contributed by atoms with E-state index in [-0.39, 0.29) is 24.0 Å². The van der Waals surface area contributed by atoms with E-state index in [9.17, 15) is 14.4 Å². The fraction of sp³-hybridized carbons (Fsp3) is 0.261. The first kappa shape index (κ1) is 23.8. The van der Waals surface area contributed by atoms with Crippen molar-refractivity contribution < 1.29 is 14.4 Å². The molecule has 3 aromatic rings. The van der Waals surface area contributed by atoms with Crippen LogP contribution >= 0.6 is 23.4 Å². The Balaban J connectivity index is 1.53. The van der Waals surface area contributed by atoms with Crippen LogP contribution in [0.15, 0.2) is 47.6 Å². The van der Waals surface area contributed by atoms with Crippen LogP contribution in [-0.4, -0.2) is 44.4 Å². The number of hydrogen-bond donors (Lipinski definition) is 3. The number of anilines is 1. The van der Waals surface area contributed by atoms with Crippen molar-refractivity contribution in [1.29, 1.82) is 0 Å². The highest BCUT2D eigenvalue weighted by Gasteiger charge is 2.27. The number of urea groups is 1. The lowest BCUT2D eigenvalue weighted by molar-refractivity contribution is -0.121. The summed E-state index contributed by atoms with van der Waals surface area (Å²) in [6.07, 6.45) is 0.435. The zero-order valence-electron chi connectivity index (χ0n) is 18.6. The Morgan fingerprint density at radius 2 is 1.94 bits per heavy atom. The molecule has 4 rings (SSSR count). The van der Waals surface area contributed by atoms with Gasteiger partial charge >= 0.3 is 6.03 Å². The summed E-state index contributed by atoms with van der Waals surface area (Å²) in [6, 6.07) is 12.0. The highest BCUT2D eigenvalue weighted by molar-refractivity contribution is 7.99. The number of imide groups is 1. The summed E-state index contributed by atoms with van der Waals surface area (Å²) in [7, 11) is 0. The third kappa shape index (κ3) is 5.75. The third-order valence-corrected chi connectivity index (χ3v) is 6.40. The lowest BCUT2D eigenvalue weighted by atomic mass is 10.1. The minimum atomic E-state index is -0.531. The van der Waals surface area contributed by atoms with Gasteiger partial charge in [0.15, 0.2) is 5.16 Å². The molecule has 9 nitrogen and oxygen atoms in total. The molecule has 0 saturated carbocycles. The van der Waals surface area contributed by atoms with E-state index in [1.54, 1.807) is 12.1 Å². The van der Waals surface area contributed by atoms with Crippen molar-refractivity contribution in [3.8, 4) is 5.69 Å². The molecule has 2 aromatic carbocycles. The summed E-state index contributed by atoms with van der Waals surface area (Å²) in [5.41, 5.74) is 3.64. The molecule has 1 saturated heterocycles. The van der Waals surface area contributed by atoms with Gasteiger partial charge in [-0.05, 0) is 49.7 Å². The van der Waals surface area contributed by atoms with Crippen LogP contribution in [0.1, 0.15) is 23.4 Å². The normalized spacial score (nSPS) is 15.6. The van der Waals surface area contributed by atoms with Crippen LogP contribution < -0.4 is 16.0 Å². The average Bonchev–Trinajstić information content (AvgIpc) is 3.16. The molecule has 4 amide bonds. The number of aromatic nitrogens is 3. The third-order valence-electron chi connectivity index (χ3n) is 5.22. The summed E-state index contributed by atoms with van der Waals surface area (Å²) >= 11 is 7.30. The number of thioether (sulfide) groups is 1. The second-order valence-electron chi connectivity index (χ2n) is 7.99. The van der Waals surface area contributed by atoms with Crippen LogP contribution in [0.3, 0.4) is 0 Å². The zero-order valence-corrected chi connectivity index (χ0v) is 20.2. The number of carbonyl (C=O) groups excluding carboxylic acids is 3. The molecule has 1 aliphatic rings. The van der Waals surface area contributed by atoms with E-state index in [0.717, 1.165) is 22.5 Å². The van der Waals surface area contributed by atoms with E-state index in [1.165, 1.54) is 11.8 Å². The zero-order chi connectivity index (χ0) is 24.2. The topological polar surface area (TPSA) is 118 Å².